The van der Waals surface area contributed by atoms with Crippen molar-refractivity contribution in [2.24, 2.45) is 0 Å². The fraction of sp³-hybridized carbons (Fsp3) is 0.533. The zero-order valence-electron chi connectivity index (χ0n) is 11.5. The number of cyclic esters (lactones) is 1. The molecule has 0 unspecified atom stereocenters. The van der Waals surface area contributed by atoms with Gasteiger partial charge in [-0.1, -0.05) is 30.3 Å². The molecule has 1 amide bonds. The zero-order valence-corrected chi connectivity index (χ0v) is 11.5. The van der Waals surface area contributed by atoms with Crippen molar-refractivity contribution >= 4 is 6.09 Å². The molecule has 2 fully saturated rings. The van der Waals surface area contributed by atoms with Crippen LogP contribution < -0.4 is 0 Å². The summed E-state index contributed by atoms with van der Waals surface area (Å²) in [6, 6.07) is 10.4. The minimum absolute atomic E-state index is 0.157. The van der Waals surface area contributed by atoms with Crippen LogP contribution in [0.25, 0.3) is 0 Å². The summed E-state index contributed by atoms with van der Waals surface area (Å²) >= 11 is 0. The third-order valence-electron chi connectivity index (χ3n) is 3.86. The quantitative estimate of drug-likeness (QED) is 0.761. The van der Waals surface area contributed by atoms with Crippen molar-refractivity contribution in [1.82, 2.24) is 9.80 Å². The molecular formula is C15H20N2O3. The molecule has 2 saturated heterocycles. The molecule has 5 nitrogen and oxygen atoms in total. The molecule has 2 heterocycles. The first-order valence-corrected chi connectivity index (χ1v) is 7.10. The van der Waals surface area contributed by atoms with Crippen LogP contribution in [0.3, 0.4) is 0 Å². The highest BCUT2D eigenvalue weighted by atomic mass is 16.6. The summed E-state index contributed by atoms with van der Waals surface area (Å²) in [6.45, 7) is 5.37. The number of fused-ring (bicyclic) bond motifs is 1. The van der Waals surface area contributed by atoms with E-state index < -0.39 is 0 Å². The maximum Gasteiger partial charge on any atom is 0.410 e. The fourth-order valence-electron chi connectivity index (χ4n) is 2.71. The second kappa shape index (κ2) is 6.24. The lowest BCUT2D eigenvalue weighted by Crippen LogP contribution is -2.52. The van der Waals surface area contributed by atoms with E-state index in [-0.39, 0.29) is 12.1 Å². The van der Waals surface area contributed by atoms with Crippen LogP contribution in [0.5, 0.6) is 0 Å². The predicted octanol–water partition coefficient (Wildman–Crippen LogP) is 1.34. The Labute approximate surface area is 119 Å². The highest BCUT2D eigenvalue weighted by Crippen LogP contribution is 2.17. The molecule has 2 aliphatic rings. The Hall–Kier alpha value is -1.59. The Morgan fingerprint density at radius 2 is 2.10 bits per heavy atom. The standard InChI is InChI=1S/C15H20N2O3/c18-15-17-7-6-16(10-14(17)12-20-15)8-9-19-11-13-4-2-1-3-5-13/h1-5,14H,6-12H2/t14-/m0/s1. The van der Waals surface area contributed by atoms with Gasteiger partial charge in [0.15, 0.2) is 0 Å². The lowest BCUT2D eigenvalue weighted by Gasteiger charge is -2.35. The van der Waals surface area contributed by atoms with Crippen LogP contribution in [0.2, 0.25) is 0 Å². The molecule has 0 aromatic heterocycles. The molecule has 1 aromatic rings. The predicted molar refractivity (Wildman–Crippen MR) is 74.4 cm³/mol. The van der Waals surface area contributed by atoms with Gasteiger partial charge in [0.1, 0.15) is 6.61 Å². The van der Waals surface area contributed by atoms with E-state index in [1.54, 1.807) is 0 Å². The molecule has 0 saturated carbocycles. The maximum atomic E-state index is 11.4. The monoisotopic (exact) mass is 276 g/mol. The topological polar surface area (TPSA) is 42.0 Å². The number of nitrogens with zero attached hydrogens (tertiary/aromatic N) is 2. The van der Waals surface area contributed by atoms with E-state index in [4.69, 9.17) is 9.47 Å². The van der Waals surface area contributed by atoms with E-state index in [2.05, 4.69) is 17.0 Å². The largest absolute Gasteiger partial charge is 0.447 e. The number of rotatable bonds is 5. The second-order valence-electron chi connectivity index (χ2n) is 5.26. The maximum absolute atomic E-state index is 11.4. The van der Waals surface area contributed by atoms with Crippen LogP contribution in [0.1, 0.15) is 5.56 Å². The van der Waals surface area contributed by atoms with Gasteiger partial charge in [0.05, 0.1) is 19.3 Å². The van der Waals surface area contributed by atoms with Crippen LogP contribution >= 0.6 is 0 Å². The third kappa shape index (κ3) is 3.11. The zero-order chi connectivity index (χ0) is 13.8. The number of hydrogen-bond acceptors (Lipinski definition) is 4. The highest BCUT2D eigenvalue weighted by Gasteiger charge is 2.36. The molecule has 0 N–H and O–H groups in total. The molecular weight excluding hydrogens is 256 g/mol. The van der Waals surface area contributed by atoms with Gasteiger partial charge in [-0.15, -0.1) is 0 Å². The van der Waals surface area contributed by atoms with Crippen LogP contribution in [-0.2, 0) is 16.1 Å². The van der Waals surface area contributed by atoms with Crippen molar-refractivity contribution in [2.45, 2.75) is 12.6 Å². The molecule has 1 aromatic carbocycles. The normalized spacial score (nSPS) is 22.7. The van der Waals surface area contributed by atoms with E-state index in [1.807, 2.05) is 23.1 Å². The number of benzene rings is 1. The van der Waals surface area contributed by atoms with Crippen LogP contribution in [0.4, 0.5) is 4.79 Å². The Balaban J connectivity index is 1.36. The van der Waals surface area contributed by atoms with E-state index in [9.17, 15) is 4.79 Å². The van der Waals surface area contributed by atoms with Crippen molar-refractivity contribution in [3.8, 4) is 0 Å². The molecule has 5 heteroatoms. The third-order valence-corrected chi connectivity index (χ3v) is 3.86. The number of piperazine rings is 1. The van der Waals surface area contributed by atoms with Crippen molar-refractivity contribution < 1.29 is 14.3 Å². The van der Waals surface area contributed by atoms with Gasteiger partial charge in [0.25, 0.3) is 0 Å². The summed E-state index contributed by atoms with van der Waals surface area (Å²) in [4.78, 5) is 15.6. The van der Waals surface area contributed by atoms with E-state index in [1.165, 1.54) is 5.56 Å². The summed E-state index contributed by atoms with van der Waals surface area (Å²) in [7, 11) is 0. The summed E-state index contributed by atoms with van der Waals surface area (Å²) in [6.07, 6.45) is -0.157. The van der Waals surface area contributed by atoms with Crippen molar-refractivity contribution in [3.05, 3.63) is 35.9 Å². The molecule has 2 aliphatic heterocycles. The van der Waals surface area contributed by atoms with Gasteiger partial charge in [-0.3, -0.25) is 9.80 Å². The Morgan fingerprint density at radius 3 is 2.95 bits per heavy atom. The SMILES string of the molecule is O=C1OC[C@@H]2CN(CCOCc3ccccc3)CCN12. The van der Waals surface area contributed by atoms with Crippen molar-refractivity contribution in [3.63, 3.8) is 0 Å². The molecule has 3 rings (SSSR count). The molecule has 0 radical (unpaired) electrons. The van der Waals surface area contributed by atoms with Gasteiger partial charge < -0.3 is 9.47 Å². The second-order valence-corrected chi connectivity index (χ2v) is 5.26. The number of ether oxygens (including phenoxy) is 2. The van der Waals surface area contributed by atoms with E-state index >= 15 is 0 Å². The number of hydrogen-bond donors (Lipinski definition) is 0. The van der Waals surface area contributed by atoms with Gasteiger partial charge >= 0.3 is 6.09 Å². The Morgan fingerprint density at radius 1 is 1.25 bits per heavy atom. The lowest BCUT2D eigenvalue weighted by atomic mass is 10.2. The average Bonchev–Trinajstić information content (AvgIpc) is 2.86. The minimum Gasteiger partial charge on any atom is -0.447 e. The smallest absolute Gasteiger partial charge is 0.410 e. The number of carbonyl (C=O) groups is 1. The molecule has 0 aliphatic carbocycles. The first kappa shape index (κ1) is 13.4. The first-order chi connectivity index (χ1) is 9.83. The molecule has 108 valence electrons. The van der Waals surface area contributed by atoms with Gasteiger partial charge in [-0.05, 0) is 5.56 Å². The summed E-state index contributed by atoms with van der Waals surface area (Å²) in [5.74, 6) is 0. The summed E-state index contributed by atoms with van der Waals surface area (Å²) < 4.78 is 10.8. The molecule has 20 heavy (non-hydrogen) atoms. The fourth-order valence-corrected chi connectivity index (χ4v) is 2.71. The molecule has 0 spiro atoms. The van der Waals surface area contributed by atoms with Crippen LogP contribution in [0.15, 0.2) is 30.3 Å². The molecule has 0 bridgehead atoms. The van der Waals surface area contributed by atoms with Gasteiger partial charge in [-0.2, -0.15) is 0 Å². The first-order valence-electron chi connectivity index (χ1n) is 7.10. The summed E-state index contributed by atoms with van der Waals surface area (Å²) in [5.41, 5.74) is 1.20. The van der Waals surface area contributed by atoms with Gasteiger partial charge in [0, 0.05) is 26.2 Å². The Bertz CT molecular complexity index is 452. The van der Waals surface area contributed by atoms with E-state index in [0.717, 1.165) is 32.8 Å². The number of amides is 1. The minimum atomic E-state index is -0.157. The van der Waals surface area contributed by atoms with Crippen LogP contribution in [-0.4, -0.2) is 61.3 Å². The number of carbonyl (C=O) groups excluding carboxylic acids is 1. The van der Waals surface area contributed by atoms with E-state index in [0.29, 0.717) is 13.2 Å². The summed E-state index contributed by atoms with van der Waals surface area (Å²) in [5, 5.41) is 0. The van der Waals surface area contributed by atoms with Gasteiger partial charge in [0.2, 0.25) is 0 Å². The van der Waals surface area contributed by atoms with Crippen molar-refractivity contribution in [1.29, 1.82) is 0 Å². The van der Waals surface area contributed by atoms with Crippen molar-refractivity contribution in [2.75, 3.05) is 39.4 Å². The van der Waals surface area contributed by atoms with Gasteiger partial charge in [-0.25, -0.2) is 4.79 Å². The lowest BCUT2D eigenvalue weighted by molar-refractivity contribution is 0.0651. The highest BCUT2D eigenvalue weighted by molar-refractivity contribution is 5.70. The Kier molecular flexibility index (Phi) is 4.18. The van der Waals surface area contributed by atoms with Crippen LogP contribution in [0, 0.1) is 0 Å². The average molecular weight is 276 g/mol. The molecule has 1 atom stereocenters.